The Bertz CT molecular complexity index is 1130. The van der Waals surface area contributed by atoms with E-state index < -0.39 is 0 Å². The van der Waals surface area contributed by atoms with E-state index >= 15 is 0 Å². The summed E-state index contributed by atoms with van der Waals surface area (Å²) in [5.74, 6) is 0.897. The predicted molar refractivity (Wildman–Crippen MR) is 132 cm³/mol. The number of phenols is 2. The van der Waals surface area contributed by atoms with Gasteiger partial charge < -0.3 is 15.2 Å². The summed E-state index contributed by atoms with van der Waals surface area (Å²) in [6.07, 6.45) is 1.10. The lowest BCUT2D eigenvalue weighted by molar-refractivity contribution is 0.244. The van der Waals surface area contributed by atoms with E-state index in [4.69, 9.17) is 0 Å². The summed E-state index contributed by atoms with van der Waals surface area (Å²) in [4.78, 5) is 12.9. The summed E-state index contributed by atoms with van der Waals surface area (Å²) in [6.45, 7) is 7.74. The van der Waals surface area contributed by atoms with Gasteiger partial charge in [-0.05, 0) is 56.3 Å². The van der Waals surface area contributed by atoms with Crippen molar-refractivity contribution in [1.29, 1.82) is 0 Å². The minimum Gasteiger partial charge on any atom is -0.504 e. The van der Waals surface area contributed by atoms with Gasteiger partial charge in [-0.15, -0.1) is 0 Å². The van der Waals surface area contributed by atoms with Gasteiger partial charge in [0.2, 0.25) is 0 Å². The molecule has 0 amide bonds. The molecule has 2 heterocycles. The van der Waals surface area contributed by atoms with E-state index in [1.54, 1.807) is 12.1 Å². The Hall–Kier alpha value is -3.35. The van der Waals surface area contributed by atoms with E-state index in [9.17, 15) is 10.2 Å². The van der Waals surface area contributed by atoms with Crippen LogP contribution in [0.2, 0.25) is 0 Å². The number of phenolic OH excluding ortho intramolecular Hbond substituents is 2. The van der Waals surface area contributed by atoms with Gasteiger partial charge in [-0.1, -0.05) is 54.1 Å². The maximum atomic E-state index is 9.66. The Kier molecular flexibility index (Phi) is 7.60. The van der Waals surface area contributed by atoms with Crippen LogP contribution < -0.4 is 0 Å². The Morgan fingerprint density at radius 1 is 0.788 bits per heavy atom. The molecule has 0 saturated carbocycles. The van der Waals surface area contributed by atoms with Crippen molar-refractivity contribution in [2.45, 2.75) is 26.4 Å². The molecule has 1 aliphatic rings. The standard InChI is InChI=1S/C20H24N4O2.C7H8/c25-18-7-6-15(12-19(18)26)13-23-8-3-9-24(11-10-23)14-20-21-16-4-1-2-5-17(16)22-20;1-7-5-3-2-4-6-7/h1-2,4-7,12,25-26H,3,8-11,13-14H2,(H,21,22);2-6H,1H3. The first-order chi connectivity index (χ1) is 16.1. The zero-order valence-corrected chi connectivity index (χ0v) is 19.1. The smallest absolute Gasteiger partial charge is 0.157 e. The highest BCUT2D eigenvalue weighted by atomic mass is 16.3. The Morgan fingerprint density at radius 2 is 1.48 bits per heavy atom. The number of aryl methyl sites for hydroxylation is 1. The second-order valence-electron chi connectivity index (χ2n) is 8.58. The normalized spacial score (nSPS) is 15.1. The Balaban J connectivity index is 0.000000318. The highest BCUT2D eigenvalue weighted by Gasteiger charge is 2.17. The van der Waals surface area contributed by atoms with Gasteiger partial charge in [0, 0.05) is 19.6 Å². The van der Waals surface area contributed by atoms with Crippen LogP contribution in [0.4, 0.5) is 0 Å². The summed E-state index contributed by atoms with van der Waals surface area (Å²) in [5.41, 5.74) is 4.45. The molecule has 0 unspecified atom stereocenters. The van der Waals surface area contributed by atoms with Gasteiger partial charge in [0.1, 0.15) is 5.82 Å². The van der Waals surface area contributed by atoms with Crippen molar-refractivity contribution in [2.75, 3.05) is 26.2 Å². The van der Waals surface area contributed by atoms with Crippen LogP contribution in [0.1, 0.15) is 23.4 Å². The molecule has 0 bridgehead atoms. The number of benzene rings is 3. The number of imidazole rings is 1. The molecule has 0 radical (unpaired) electrons. The number of hydrogen-bond donors (Lipinski definition) is 3. The second kappa shape index (κ2) is 11.0. The lowest BCUT2D eigenvalue weighted by Crippen LogP contribution is -2.30. The van der Waals surface area contributed by atoms with E-state index in [0.717, 1.165) is 68.1 Å². The van der Waals surface area contributed by atoms with Crippen LogP contribution in [-0.2, 0) is 13.1 Å². The Morgan fingerprint density at radius 3 is 2.15 bits per heavy atom. The lowest BCUT2D eigenvalue weighted by Gasteiger charge is -2.21. The maximum Gasteiger partial charge on any atom is 0.157 e. The molecule has 1 aromatic heterocycles. The third kappa shape index (κ3) is 6.57. The monoisotopic (exact) mass is 444 g/mol. The first-order valence-corrected chi connectivity index (χ1v) is 11.5. The average Bonchev–Trinajstić information content (AvgIpc) is 3.10. The number of aromatic nitrogens is 2. The number of nitrogens with one attached hydrogen (secondary N) is 1. The number of para-hydroxylation sites is 2. The zero-order chi connectivity index (χ0) is 23.0. The summed E-state index contributed by atoms with van der Waals surface area (Å²) < 4.78 is 0. The largest absolute Gasteiger partial charge is 0.504 e. The van der Waals surface area contributed by atoms with Crippen molar-refractivity contribution in [3.8, 4) is 11.5 Å². The summed E-state index contributed by atoms with van der Waals surface area (Å²) in [6, 6.07) is 23.5. The average molecular weight is 445 g/mol. The third-order valence-electron chi connectivity index (χ3n) is 5.88. The van der Waals surface area contributed by atoms with E-state index in [1.165, 1.54) is 5.56 Å². The molecule has 4 aromatic rings. The van der Waals surface area contributed by atoms with Crippen LogP contribution in [0.5, 0.6) is 11.5 Å². The quantitative estimate of drug-likeness (QED) is 0.399. The van der Waals surface area contributed by atoms with Crippen molar-refractivity contribution in [1.82, 2.24) is 19.8 Å². The van der Waals surface area contributed by atoms with Gasteiger partial charge in [0.15, 0.2) is 11.5 Å². The number of rotatable bonds is 4. The summed E-state index contributed by atoms with van der Waals surface area (Å²) in [7, 11) is 0. The van der Waals surface area contributed by atoms with Crippen LogP contribution in [0.15, 0.2) is 72.8 Å². The SMILES string of the molecule is Cc1ccccc1.Oc1ccc(CN2CCCN(Cc3nc4ccccc4[nH]3)CC2)cc1O. The van der Waals surface area contributed by atoms with Gasteiger partial charge >= 0.3 is 0 Å². The van der Waals surface area contributed by atoms with Crippen molar-refractivity contribution in [2.24, 2.45) is 0 Å². The second-order valence-corrected chi connectivity index (χ2v) is 8.58. The number of aromatic hydroxyl groups is 2. The van der Waals surface area contributed by atoms with E-state index in [0.29, 0.717) is 0 Å². The Labute approximate surface area is 195 Å². The van der Waals surface area contributed by atoms with Gasteiger partial charge in [0.05, 0.1) is 17.6 Å². The molecule has 3 N–H and O–H groups in total. The van der Waals surface area contributed by atoms with Gasteiger partial charge in [0.25, 0.3) is 0 Å². The lowest BCUT2D eigenvalue weighted by atomic mass is 10.2. The third-order valence-corrected chi connectivity index (χ3v) is 5.88. The number of fused-ring (bicyclic) bond motifs is 1. The van der Waals surface area contributed by atoms with Gasteiger partial charge in [-0.3, -0.25) is 9.80 Å². The highest BCUT2D eigenvalue weighted by molar-refractivity contribution is 5.74. The molecule has 3 aromatic carbocycles. The molecular weight excluding hydrogens is 412 g/mol. The topological polar surface area (TPSA) is 75.6 Å². The zero-order valence-electron chi connectivity index (χ0n) is 19.1. The fraction of sp³-hybridized carbons (Fsp3) is 0.296. The molecule has 172 valence electrons. The molecule has 0 atom stereocenters. The van der Waals surface area contributed by atoms with Gasteiger partial charge in [-0.2, -0.15) is 0 Å². The molecule has 6 nitrogen and oxygen atoms in total. The van der Waals surface area contributed by atoms with Crippen LogP contribution in [-0.4, -0.2) is 56.2 Å². The van der Waals surface area contributed by atoms with E-state index in [1.807, 2.05) is 42.5 Å². The minimum absolute atomic E-state index is 0.0520. The molecule has 0 spiro atoms. The number of nitrogens with zero attached hydrogens (tertiary/aromatic N) is 3. The van der Waals surface area contributed by atoms with Crippen molar-refractivity contribution in [3.05, 3.63) is 89.7 Å². The number of H-pyrrole nitrogens is 1. The van der Waals surface area contributed by atoms with Crippen molar-refractivity contribution >= 4 is 11.0 Å². The first kappa shape index (κ1) is 22.8. The van der Waals surface area contributed by atoms with Crippen LogP contribution in [0.25, 0.3) is 11.0 Å². The summed E-state index contributed by atoms with van der Waals surface area (Å²) >= 11 is 0. The molecule has 1 fully saturated rings. The van der Waals surface area contributed by atoms with Crippen LogP contribution in [0.3, 0.4) is 0 Å². The molecular formula is C27H32N4O2. The van der Waals surface area contributed by atoms with Crippen LogP contribution in [0, 0.1) is 6.92 Å². The molecule has 1 aliphatic heterocycles. The fourth-order valence-electron chi connectivity index (χ4n) is 4.09. The number of aromatic amines is 1. The number of hydrogen-bond acceptors (Lipinski definition) is 5. The van der Waals surface area contributed by atoms with Crippen molar-refractivity contribution < 1.29 is 10.2 Å². The summed E-state index contributed by atoms with van der Waals surface area (Å²) in [5, 5.41) is 19.1. The van der Waals surface area contributed by atoms with E-state index in [2.05, 4.69) is 44.9 Å². The molecule has 6 heteroatoms. The van der Waals surface area contributed by atoms with Crippen LogP contribution >= 0.6 is 0 Å². The highest BCUT2D eigenvalue weighted by Crippen LogP contribution is 2.25. The molecule has 5 rings (SSSR count). The molecule has 33 heavy (non-hydrogen) atoms. The van der Waals surface area contributed by atoms with Crippen molar-refractivity contribution in [3.63, 3.8) is 0 Å². The maximum absolute atomic E-state index is 9.66. The van der Waals surface area contributed by atoms with Gasteiger partial charge in [-0.25, -0.2) is 4.98 Å². The first-order valence-electron chi connectivity index (χ1n) is 11.5. The fourth-order valence-corrected chi connectivity index (χ4v) is 4.09. The molecule has 0 aliphatic carbocycles. The molecule has 1 saturated heterocycles. The van der Waals surface area contributed by atoms with E-state index in [-0.39, 0.29) is 11.5 Å². The minimum atomic E-state index is -0.0679. The predicted octanol–water partition coefficient (Wildman–Crippen LogP) is 4.68.